The van der Waals surface area contributed by atoms with Crippen LogP contribution in [0.4, 0.5) is 10.2 Å². The molecule has 28 heavy (non-hydrogen) atoms. The number of Topliss-reactive ketones (excluding diaryl/α,β-unsaturated/α-hetero) is 1. The molecule has 1 aromatic carbocycles. The molecule has 2 aromatic rings. The summed E-state index contributed by atoms with van der Waals surface area (Å²) in [7, 11) is 1.84. The molecule has 1 aromatic heterocycles. The number of aliphatic hydroxyl groups is 1. The zero-order valence-electron chi connectivity index (χ0n) is 16.7. The predicted octanol–water partition coefficient (Wildman–Crippen LogP) is 4.30. The quantitative estimate of drug-likeness (QED) is 0.657. The van der Waals surface area contributed by atoms with E-state index in [1.54, 1.807) is 12.1 Å². The lowest BCUT2D eigenvalue weighted by Gasteiger charge is -2.25. The van der Waals surface area contributed by atoms with E-state index in [1.165, 1.54) is 29.0 Å². The van der Waals surface area contributed by atoms with Gasteiger partial charge in [-0.2, -0.15) is 0 Å². The molecule has 0 saturated carbocycles. The Bertz CT molecular complexity index is 873. The molecule has 0 aliphatic heterocycles. The van der Waals surface area contributed by atoms with E-state index in [0.717, 1.165) is 17.7 Å². The van der Waals surface area contributed by atoms with Gasteiger partial charge < -0.3 is 10.0 Å². The van der Waals surface area contributed by atoms with Gasteiger partial charge in [-0.25, -0.2) is 9.37 Å². The molecule has 2 rings (SSSR count). The molecule has 1 N–H and O–H groups in total. The first-order valence-corrected chi connectivity index (χ1v) is 9.24. The average Bonchev–Trinajstić information content (AvgIpc) is 2.70. The maximum absolute atomic E-state index is 13.3. The van der Waals surface area contributed by atoms with Crippen LogP contribution in [0.15, 0.2) is 60.5 Å². The molecule has 0 amide bonds. The number of anilines is 1. The van der Waals surface area contributed by atoms with Crippen molar-refractivity contribution in [1.82, 2.24) is 4.98 Å². The average molecular weight is 382 g/mol. The first-order valence-electron chi connectivity index (χ1n) is 9.24. The summed E-state index contributed by atoms with van der Waals surface area (Å²) in [6.45, 7) is 7.52. The van der Waals surface area contributed by atoms with E-state index >= 15 is 0 Å². The Morgan fingerprint density at radius 1 is 1.29 bits per heavy atom. The Balaban J connectivity index is 2.39. The van der Waals surface area contributed by atoms with Crippen molar-refractivity contribution in [2.75, 3.05) is 18.6 Å². The van der Waals surface area contributed by atoms with Crippen molar-refractivity contribution in [1.29, 1.82) is 0 Å². The minimum absolute atomic E-state index is 0.0909. The molecule has 0 saturated heterocycles. The van der Waals surface area contributed by atoms with E-state index < -0.39 is 12.4 Å². The van der Waals surface area contributed by atoms with Crippen molar-refractivity contribution in [3.05, 3.63) is 83.0 Å². The van der Waals surface area contributed by atoms with Crippen LogP contribution in [0.3, 0.4) is 0 Å². The number of carbonyl (C=O) groups is 1. The van der Waals surface area contributed by atoms with Gasteiger partial charge in [0, 0.05) is 19.2 Å². The van der Waals surface area contributed by atoms with Crippen molar-refractivity contribution in [3.8, 4) is 0 Å². The second-order valence-electron chi connectivity index (χ2n) is 6.80. The monoisotopic (exact) mass is 382 g/mol. The van der Waals surface area contributed by atoms with Gasteiger partial charge in [0.25, 0.3) is 0 Å². The molecule has 5 heteroatoms. The van der Waals surface area contributed by atoms with Gasteiger partial charge in [-0.15, -0.1) is 0 Å². The van der Waals surface area contributed by atoms with Crippen LogP contribution < -0.4 is 4.90 Å². The van der Waals surface area contributed by atoms with Crippen LogP contribution >= 0.6 is 0 Å². The second kappa shape index (κ2) is 9.95. The minimum atomic E-state index is -0.514. The molecular formula is C23H27FN2O2. The van der Waals surface area contributed by atoms with Crippen molar-refractivity contribution in [2.24, 2.45) is 0 Å². The Labute approximate surface area is 166 Å². The van der Waals surface area contributed by atoms with Crippen molar-refractivity contribution < 1.29 is 14.3 Å². The summed E-state index contributed by atoms with van der Waals surface area (Å²) < 4.78 is 13.3. The van der Waals surface area contributed by atoms with Crippen molar-refractivity contribution in [2.45, 2.75) is 33.1 Å². The summed E-state index contributed by atoms with van der Waals surface area (Å²) >= 11 is 0. The van der Waals surface area contributed by atoms with Gasteiger partial charge >= 0.3 is 0 Å². The Morgan fingerprint density at radius 3 is 2.64 bits per heavy atom. The SMILES string of the molecule is C=C/C(CC(=O)CO)=C(/CCc1cccc(C)c1C)N(C)c1ccc(F)cn1. The summed E-state index contributed by atoms with van der Waals surface area (Å²) in [5.74, 6) is -0.106. The predicted molar refractivity (Wildman–Crippen MR) is 111 cm³/mol. The fraction of sp³-hybridized carbons (Fsp3) is 0.304. The number of pyridine rings is 1. The number of nitrogens with zero attached hydrogens (tertiary/aromatic N) is 2. The molecular weight excluding hydrogens is 355 g/mol. The lowest BCUT2D eigenvalue weighted by atomic mass is 9.96. The molecule has 0 aliphatic carbocycles. The molecule has 0 radical (unpaired) electrons. The van der Waals surface area contributed by atoms with Crippen LogP contribution in [0.25, 0.3) is 0 Å². The molecule has 0 unspecified atom stereocenters. The maximum atomic E-state index is 13.3. The van der Waals surface area contributed by atoms with Gasteiger partial charge in [0.2, 0.25) is 0 Å². The van der Waals surface area contributed by atoms with Gasteiger partial charge in [0.15, 0.2) is 5.78 Å². The number of aromatic nitrogens is 1. The smallest absolute Gasteiger partial charge is 0.162 e. The topological polar surface area (TPSA) is 53.4 Å². The van der Waals surface area contributed by atoms with Gasteiger partial charge in [0.1, 0.15) is 18.2 Å². The van der Waals surface area contributed by atoms with E-state index in [2.05, 4.69) is 37.5 Å². The van der Waals surface area contributed by atoms with Gasteiger partial charge in [-0.05, 0) is 61.1 Å². The molecule has 4 nitrogen and oxygen atoms in total. The standard InChI is InChI=1S/C23H27FN2O2/c1-5-18(13-21(28)15-27)22(26(4)23-12-10-20(24)14-25-23)11-9-19-8-6-7-16(2)17(19)3/h5-8,10,12,14,27H,1,9,11,13,15H2,2-4H3/b22-18+. The Hall–Kier alpha value is -2.79. The van der Waals surface area contributed by atoms with E-state index in [4.69, 9.17) is 5.11 Å². The van der Waals surface area contributed by atoms with Crippen LogP contribution in [0.5, 0.6) is 0 Å². The lowest BCUT2D eigenvalue weighted by molar-refractivity contribution is -0.121. The first-order chi connectivity index (χ1) is 13.4. The first kappa shape index (κ1) is 21.5. The third kappa shape index (κ3) is 5.36. The fourth-order valence-corrected chi connectivity index (χ4v) is 3.14. The van der Waals surface area contributed by atoms with Gasteiger partial charge in [0.05, 0.1) is 6.20 Å². The molecule has 0 atom stereocenters. The van der Waals surface area contributed by atoms with Crippen LogP contribution in [0, 0.1) is 19.7 Å². The Kier molecular flexibility index (Phi) is 7.64. The van der Waals surface area contributed by atoms with E-state index in [9.17, 15) is 9.18 Å². The number of aliphatic hydroxyl groups excluding tert-OH is 1. The molecule has 0 aliphatic rings. The summed E-state index contributed by atoms with van der Waals surface area (Å²) in [6, 6.07) is 9.17. The number of aryl methyl sites for hydroxylation is 2. The third-order valence-corrected chi connectivity index (χ3v) is 4.99. The summed E-state index contributed by atoms with van der Waals surface area (Å²) in [5, 5.41) is 9.15. The molecule has 1 heterocycles. The second-order valence-corrected chi connectivity index (χ2v) is 6.80. The van der Waals surface area contributed by atoms with Crippen LogP contribution in [0.2, 0.25) is 0 Å². The Morgan fingerprint density at radius 2 is 2.04 bits per heavy atom. The van der Waals surface area contributed by atoms with Crippen molar-refractivity contribution in [3.63, 3.8) is 0 Å². The van der Waals surface area contributed by atoms with E-state index in [-0.39, 0.29) is 12.2 Å². The number of allylic oxidation sites excluding steroid dienone is 3. The highest BCUT2D eigenvalue weighted by Crippen LogP contribution is 2.25. The maximum Gasteiger partial charge on any atom is 0.162 e. The van der Waals surface area contributed by atoms with Crippen LogP contribution in [-0.4, -0.2) is 29.5 Å². The summed E-state index contributed by atoms with van der Waals surface area (Å²) in [6.07, 6.45) is 4.33. The third-order valence-electron chi connectivity index (χ3n) is 4.99. The van der Waals surface area contributed by atoms with Crippen LogP contribution in [0.1, 0.15) is 29.5 Å². The number of hydrogen-bond acceptors (Lipinski definition) is 4. The highest BCUT2D eigenvalue weighted by molar-refractivity contribution is 5.82. The van der Waals surface area contributed by atoms with E-state index in [0.29, 0.717) is 12.2 Å². The van der Waals surface area contributed by atoms with Gasteiger partial charge in [-0.1, -0.05) is 30.9 Å². The van der Waals surface area contributed by atoms with Crippen molar-refractivity contribution >= 4 is 11.6 Å². The normalized spacial score (nSPS) is 11.8. The number of benzene rings is 1. The van der Waals surface area contributed by atoms with Crippen LogP contribution in [-0.2, 0) is 11.2 Å². The highest BCUT2D eigenvalue weighted by Gasteiger charge is 2.16. The zero-order chi connectivity index (χ0) is 20.7. The number of halogens is 1. The highest BCUT2D eigenvalue weighted by atomic mass is 19.1. The summed E-state index contributed by atoms with van der Waals surface area (Å²) in [5.41, 5.74) is 5.32. The number of ketones is 1. The fourth-order valence-electron chi connectivity index (χ4n) is 3.14. The molecule has 0 spiro atoms. The zero-order valence-corrected chi connectivity index (χ0v) is 16.7. The lowest BCUT2D eigenvalue weighted by Crippen LogP contribution is -2.21. The summed E-state index contributed by atoms with van der Waals surface area (Å²) in [4.78, 5) is 17.8. The van der Waals surface area contributed by atoms with E-state index in [1.807, 2.05) is 18.0 Å². The number of carbonyl (C=O) groups excluding carboxylic acids is 1. The van der Waals surface area contributed by atoms with Gasteiger partial charge in [-0.3, -0.25) is 4.79 Å². The largest absolute Gasteiger partial charge is 0.389 e. The molecule has 0 bridgehead atoms. The minimum Gasteiger partial charge on any atom is -0.389 e. The molecule has 148 valence electrons. The number of rotatable bonds is 9. The molecule has 0 fully saturated rings. The number of hydrogen-bond donors (Lipinski definition) is 1.